The maximum atomic E-state index is 5.18. The highest BCUT2D eigenvalue weighted by Crippen LogP contribution is 2.16. The van der Waals surface area contributed by atoms with Crippen molar-refractivity contribution in [3.05, 3.63) is 11.9 Å². The SMILES string of the molecule is CNc1cc(NCC(C)OC)nc(C(C)C)n1. The molecule has 0 spiro atoms. The molecule has 0 saturated heterocycles. The Morgan fingerprint density at radius 2 is 1.88 bits per heavy atom. The van der Waals surface area contributed by atoms with Gasteiger partial charge in [-0.3, -0.25) is 0 Å². The average Bonchev–Trinajstić information content (AvgIpc) is 2.35. The van der Waals surface area contributed by atoms with Gasteiger partial charge in [-0.1, -0.05) is 13.8 Å². The number of methoxy groups -OCH3 is 1. The smallest absolute Gasteiger partial charge is 0.135 e. The molecule has 0 amide bonds. The standard InChI is InChI=1S/C12H22N4O/c1-8(2)12-15-10(13-4)6-11(16-12)14-7-9(3)17-5/h6,8-9H,7H2,1-5H3,(H2,13,14,15,16). The van der Waals surface area contributed by atoms with Crippen molar-refractivity contribution in [3.63, 3.8) is 0 Å². The molecule has 1 heterocycles. The van der Waals surface area contributed by atoms with E-state index >= 15 is 0 Å². The Labute approximate surface area is 103 Å². The van der Waals surface area contributed by atoms with Crippen LogP contribution in [0.2, 0.25) is 0 Å². The van der Waals surface area contributed by atoms with Crippen LogP contribution in [0.25, 0.3) is 0 Å². The van der Waals surface area contributed by atoms with Crippen LogP contribution in [0.15, 0.2) is 6.07 Å². The summed E-state index contributed by atoms with van der Waals surface area (Å²) in [4.78, 5) is 8.87. The number of rotatable bonds is 6. The van der Waals surface area contributed by atoms with Gasteiger partial charge in [0.15, 0.2) is 0 Å². The van der Waals surface area contributed by atoms with Crippen LogP contribution in [0.1, 0.15) is 32.5 Å². The zero-order valence-corrected chi connectivity index (χ0v) is 11.2. The summed E-state index contributed by atoms with van der Waals surface area (Å²) in [5.41, 5.74) is 0. The van der Waals surface area contributed by atoms with Gasteiger partial charge >= 0.3 is 0 Å². The van der Waals surface area contributed by atoms with Crippen molar-refractivity contribution in [3.8, 4) is 0 Å². The van der Waals surface area contributed by atoms with Gasteiger partial charge in [0.2, 0.25) is 0 Å². The molecule has 1 aromatic heterocycles. The minimum atomic E-state index is 0.158. The molecule has 0 aliphatic heterocycles. The van der Waals surface area contributed by atoms with Crippen LogP contribution in [0.5, 0.6) is 0 Å². The zero-order chi connectivity index (χ0) is 12.8. The van der Waals surface area contributed by atoms with E-state index in [2.05, 4.69) is 34.4 Å². The van der Waals surface area contributed by atoms with Crippen molar-refractivity contribution in [2.75, 3.05) is 31.3 Å². The number of nitrogens with one attached hydrogen (secondary N) is 2. The molecule has 5 heteroatoms. The lowest BCUT2D eigenvalue weighted by atomic mass is 10.2. The van der Waals surface area contributed by atoms with E-state index in [4.69, 9.17) is 4.74 Å². The van der Waals surface area contributed by atoms with Gasteiger partial charge in [-0.25, -0.2) is 9.97 Å². The van der Waals surface area contributed by atoms with Gasteiger partial charge in [-0.2, -0.15) is 0 Å². The summed E-state index contributed by atoms with van der Waals surface area (Å²) in [6.07, 6.45) is 0.158. The fourth-order valence-corrected chi connectivity index (χ4v) is 1.27. The number of hydrogen-bond donors (Lipinski definition) is 2. The summed E-state index contributed by atoms with van der Waals surface area (Å²) in [7, 11) is 3.55. The highest BCUT2D eigenvalue weighted by molar-refractivity contribution is 5.47. The van der Waals surface area contributed by atoms with E-state index in [1.807, 2.05) is 20.0 Å². The van der Waals surface area contributed by atoms with Crippen molar-refractivity contribution in [1.29, 1.82) is 0 Å². The lowest BCUT2D eigenvalue weighted by Crippen LogP contribution is -2.19. The third kappa shape index (κ3) is 4.19. The van der Waals surface area contributed by atoms with Gasteiger partial charge < -0.3 is 15.4 Å². The minimum absolute atomic E-state index is 0.158. The molecular formula is C12H22N4O. The van der Waals surface area contributed by atoms with Crippen molar-refractivity contribution in [1.82, 2.24) is 9.97 Å². The Balaban J connectivity index is 2.80. The number of nitrogens with zero attached hydrogens (tertiary/aromatic N) is 2. The van der Waals surface area contributed by atoms with Crippen LogP contribution < -0.4 is 10.6 Å². The summed E-state index contributed by atoms with van der Waals surface area (Å²) in [5.74, 6) is 2.81. The average molecular weight is 238 g/mol. The number of ether oxygens (including phenoxy) is 1. The van der Waals surface area contributed by atoms with Gasteiger partial charge in [-0.05, 0) is 6.92 Å². The molecule has 1 unspecified atom stereocenters. The van der Waals surface area contributed by atoms with Gasteiger partial charge in [0.1, 0.15) is 17.5 Å². The molecule has 0 aliphatic carbocycles. The normalized spacial score (nSPS) is 12.6. The molecule has 0 saturated carbocycles. The van der Waals surface area contributed by atoms with E-state index in [-0.39, 0.29) is 6.10 Å². The quantitative estimate of drug-likeness (QED) is 0.794. The second-order valence-electron chi connectivity index (χ2n) is 4.33. The highest BCUT2D eigenvalue weighted by Gasteiger charge is 2.08. The molecule has 0 radical (unpaired) electrons. The lowest BCUT2D eigenvalue weighted by molar-refractivity contribution is 0.128. The second-order valence-corrected chi connectivity index (χ2v) is 4.33. The van der Waals surface area contributed by atoms with E-state index in [9.17, 15) is 0 Å². The molecule has 1 aromatic rings. The molecule has 0 fully saturated rings. The molecule has 0 aliphatic rings. The van der Waals surface area contributed by atoms with Gasteiger partial charge in [0, 0.05) is 32.7 Å². The van der Waals surface area contributed by atoms with E-state index in [0.29, 0.717) is 5.92 Å². The number of hydrogen-bond acceptors (Lipinski definition) is 5. The first-order valence-corrected chi connectivity index (χ1v) is 5.90. The summed E-state index contributed by atoms with van der Waals surface area (Å²) in [6, 6.07) is 1.90. The minimum Gasteiger partial charge on any atom is -0.380 e. The van der Waals surface area contributed by atoms with Crippen LogP contribution >= 0.6 is 0 Å². The number of aromatic nitrogens is 2. The predicted octanol–water partition coefficient (Wildman–Crippen LogP) is 2.09. The van der Waals surface area contributed by atoms with Crippen molar-refractivity contribution < 1.29 is 4.74 Å². The maximum absolute atomic E-state index is 5.18. The monoisotopic (exact) mass is 238 g/mol. The molecule has 0 aromatic carbocycles. The van der Waals surface area contributed by atoms with E-state index < -0.39 is 0 Å². The molecule has 17 heavy (non-hydrogen) atoms. The summed E-state index contributed by atoms with van der Waals surface area (Å²) in [5, 5.41) is 6.29. The Morgan fingerprint density at radius 1 is 1.24 bits per heavy atom. The molecule has 1 atom stereocenters. The van der Waals surface area contributed by atoms with Crippen LogP contribution in [-0.2, 0) is 4.74 Å². The first kappa shape index (κ1) is 13.7. The summed E-state index contributed by atoms with van der Waals surface area (Å²) in [6.45, 7) is 6.90. The van der Waals surface area contributed by atoms with Crippen molar-refractivity contribution in [2.45, 2.75) is 32.8 Å². The van der Waals surface area contributed by atoms with Crippen LogP contribution in [0.4, 0.5) is 11.6 Å². The van der Waals surface area contributed by atoms with Crippen LogP contribution in [0, 0.1) is 0 Å². The Hall–Kier alpha value is -1.36. The van der Waals surface area contributed by atoms with Crippen molar-refractivity contribution >= 4 is 11.6 Å². The topological polar surface area (TPSA) is 59.1 Å². The Morgan fingerprint density at radius 3 is 2.41 bits per heavy atom. The van der Waals surface area contributed by atoms with E-state index in [1.165, 1.54) is 0 Å². The second kappa shape index (κ2) is 6.39. The largest absolute Gasteiger partial charge is 0.380 e. The first-order chi connectivity index (χ1) is 8.06. The molecule has 1 rings (SSSR count). The first-order valence-electron chi connectivity index (χ1n) is 5.90. The third-order valence-electron chi connectivity index (χ3n) is 2.49. The van der Waals surface area contributed by atoms with E-state index in [0.717, 1.165) is 24.0 Å². The van der Waals surface area contributed by atoms with E-state index in [1.54, 1.807) is 7.11 Å². The third-order valence-corrected chi connectivity index (χ3v) is 2.49. The van der Waals surface area contributed by atoms with Crippen molar-refractivity contribution in [2.24, 2.45) is 0 Å². The summed E-state index contributed by atoms with van der Waals surface area (Å²) < 4.78 is 5.18. The predicted molar refractivity (Wildman–Crippen MR) is 70.6 cm³/mol. The molecule has 5 nitrogen and oxygen atoms in total. The number of anilines is 2. The zero-order valence-electron chi connectivity index (χ0n) is 11.2. The molecule has 96 valence electrons. The Kier molecular flexibility index (Phi) is 5.15. The van der Waals surface area contributed by atoms with Crippen LogP contribution in [-0.4, -0.2) is 36.8 Å². The molecule has 0 bridgehead atoms. The highest BCUT2D eigenvalue weighted by atomic mass is 16.5. The fraction of sp³-hybridized carbons (Fsp3) is 0.667. The van der Waals surface area contributed by atoms with Gasteiger partial charge in [0.05, 0.1) is 6.10 Å². The van der Waals surface area contributed by atoms with Gasteiger partial charge in [-0.15, -0.1) is 0 Å². The summed E-state index contributed by atoms with van der Waals surface area (Å²) >= 11 is 0. The Bertz CT molecular complexity index is 354. The fourth-order valence-electron chi connectivity index (χ4n) is 1.27. The van der Waals surface area contributed by atoms with Crippen LogP contribution in [0.3, 0.4) is 0 Å². The molecule has 2 N–H and O–H groups in total. The molecular weight excluding hydrogens is 216 g/mol. The maximum Gasteiger partial charge on any atom is 0.135 e. The lowest BCUT2D eigenvalue weighted by Gasteiger charge is -2.14. The van der Waals surface area contributed by atoms with Gasteiger partial charge in [0.25, 0.3) is 0 Å².